The molecule has 24 heavy (non-hydrogen) atoms. The second kappa shape index (κ2) is 8.21. The van der Waals surface area contributed by atoms with Gasteiger partial charge in [0.15, 0.2) is 0 Å². The third-order valence-electron chi connectivity index (χ3n) is 4.64. The standard InChI is InChI=1S/C17H23F3N2O.ClH/c1-11(14-4-6-15(7-5-14)17(18,19)20)10-16(23)22-9-8-21-12(2)13(22)3;/h4-7,11-13,21H,8-10H2,1-3H3;1H. The summed E-state index contributed by atoms with van der Waals surface area (Å²) in [6.07, 6.45) is -4.02. The molecule has 3 atom stereocenters. The Balaban J connectivity index is 0.00000288. The summed E-state index contributed by atoms with van der Waals surface area (Å²) < 4.78 is 37.8. The summed E-state index contributed by atoms with van der Waals surface area (Å²) in [4.78, 5) is 14.3. The van der Waals surface area contributed by atoms with E-state index < -0.39 is 11.7 Å². The number of nitrogens with one attached hydrogen (secondary N) is 1. The first kappa shape index (κ1) is 20.8. The molecule has 3 unspecified atom stereocenters. The topological polar surface area (TPSA) is 32.3 Å². The zero-order chi connectivity index (χ0) is 17.2. The Kier molecular flexibility index (Phi) is 7.10. The van der Waals surface area contributed by atoms with E-state index in [-0.39, 0.29) is 36.3 Å². The van der Waals surface area contributed by atoms with E-state index in [1.807, 2.05) is 25.7 Å². The van der Waals surface area contributed by atoms with Gasteiger partial charge in [0.05, 0.1) is 5.56 Å². The lowest BCUT2D eigenvalue weighted by Crippen LogP contribution is -2.57. The molecule has 136 valence electrons. The highest BCUT2D eigenvalue weighted by molar-refractivity contribution is 5.85. The van der Waals surface area contributed by atoms with Crippen LogP contribution in [0.5, 0.6) is 0 Å². The quantitative estimate of drug-likeness (QED) is 0.884. The van der Waals surface area contributed by atoms with Crippen LogP contribution in [0, 0.1) is 0 Å². The predicted molar refractivity (Wildman–Crippen MR) is 90.4 cm³/mol. The number of halogens is 4. The number of nitrogens with zero attached hydrogens (tertiary/aromatic N) is 1. The molecule has 1 aliphatic rings. The van der Waals surface area contributed by atoms with Crippen molar-refractivity contribution in [1.29, 1.82) is 0 Å². The monoisotopic (exact) mass is 364 g/mol. The molecular weight excluding hydrogens is 341 g/mol. The average molecular weight is 365 g/mol. The molecule has 7 heteroatoms. The lowest BCUT2D eigenvalue weighted by molar-refractivity contribution is -0.138. The van der Waals surface area contributed by atoms with Gasteiger partial charge in [-0.3, -0.25) is 4.79 Å². The van der Waals surface area contributed by atoms with E-state index in [0.717, 1.165) is 24.2 Å². The van der Waals surface area contributed by atoms with Gasteiger partial charge >= 0.3 is 6.18 Å². The minimum atomic E-state index is -4.33. The Morgan fingerprint density at radius 3 is 2.42 bits per heavy atom. The van der Waals surface area contributed by atoms with Gasteiger partial charge in [-0.05, 0) is 37.5 Å². The Labute approximate surface area is 147 Å². The minimum absolute atomic E-state index is 0. The molecule has 0 aliphatic carbocycles. The molecular formula is C17H24ClF3N2O. The highest BCUT2D eigenvalue weighted by Crippen LogP contribution is 2.31. The van der Waals surface area contributed by atoms with Crippen LogP contribution in [-0.2, 0) is 11.0 Å². The molecule has 1 heterocycles. The van der Waals surface area contributed by atoms with Crippen molar-refractivity contribution in [3.63, 3.8) is 0 Å². The lowest BCUT2D eigenvalue weighted by atomic mass is 9.95. The van der Waals surface area contributed by atoms with Gasteiger partial charge in [0.2, 0.25) is 5.91 Å². The van der Waals surface area contributed by atoms with Crippen molar-refractivity contribution in [2.45, 2.75) is 51.4 Å². The van der Waals surface area contributed by atoms with Crippen LogP contribution in [0.1, 0.15) is 44.2 Å². The van der Waals surface area contributed by atoms with Gasteiger partial charge in [0, 0.05) is 31.6 Å². The first-order valence-corrected chi connectivity index (χ1v) is 7.90. The van der Waals surface area contributed by atoms with Crippen LogP contribution in [0.4, 0.5) is 13.2 Å². The van der Waals surface area contributed by atoms with Crippen LogP contribution in [0.3, 0.4) is 0 Å². The summed E-state index contributed by atoms with van der Waals surface area (Å²) in [7, 11) is 0. The third kappa shape index (κ3) is 4.86. The predicted octanol–water partition coefficient (Wildman–Crippen LogP) is 3.83. The number of carbonyl (C=O) groups excluding carboxylic acids is 1. The Hall–Kier alpha value is -1.27. The molecule has 1 aromatic rings. The van der Waals surface area contributed by atoms with Gasteiger partial charge in [-0.1, -0.05) is 19.1 Å². The number of rotatable bonds is 3. The van der Waals surface area contributed by atoms with E-state index in [9.17, 15) is 18.0 Å². The summed E-state index contributed by atoms with van der Waals surface area (Å²) in [5, 5.41) is 3.32. The number of hydrogen-bond acceptors (Lipinski definition) is 2. The fourth-order valence-corrected chi connectivity index (χ4v) is 2.91. The van der Waals surface area contributed by atoms with Gasteiger partial charge in [-0.25, -0.2) is 0 Å². The number of alkyl halides is 3. The van der Waals surface area contributed by atoms with E-state index in [4.69, 9.17) is 0 Å². The summed E-state index contributed by atoms with van der Waals surface area (Å²) in [5.74, 6) is -0.0552. The molecule has 0 spiro atoms. The summed E-state index contributed by atoms with van der Waals surface area (Å²) >= 11 is 0. The molecule has 0 bridgehead atoms. The van der Waals surface area contributed by atoms with Crippen molar-refractivity contribution in [2.24, 2.45) is 0 Å². The van der Waals surface area contributed by atoms with E-state index in [1.54, 1.807) is 0 Å². The highest BCUT2D eigenvalue weighted by atomic mass is 35.5. The van der Waals surface area contributed by atoms with Crippen molar-refractivity contribution in [1.82, 2.24) is 10.2 Å². The van der Waals surface area contributed by atoms with Crippen LogP contribution >= 0.6 is 12.4 Å². The molecule has 0 saturated carbocycles. The SMILES string of the molecule is CC(CC(=O)N1CCNC(C)C1C)c1ccc(C(F)(F)F)cc1.Cl. The van der Waals surface area contributed by atoms with Crippen LogP contribution in [0.25, 0.3) is 0 Å². The minimum Gasteiger partial charge on any atom is -0.337 e. The second-order valence-electron chi connectivity index (χ2n) is 6.30. The molecule has 1 fully saturated rings. The molecule has 0 radical (unpaired) electrons. The molecule has 1 N–H and O–H groups in total. The summed E-state index contributed by atoms with van der Waals surface area (Å²) in [5.41, 5.74) is 0.0894. The molecule has 1 saturated heterocycles. The van der Waals surface area contributed by atoms with E-state index in [1.165, 1.54) is 12.1 Å². The largest absolute Gasteiger partial charge is 0.416 e. The molecule has 2 rings (SSSR count). The Bertz CT molecular complexity index is 548. The smallest absolute Gasteiger partial charge is 0.337 e. The first-order valence-electron chi connectivity index (χ1n) is 7.90. The maximum Gasteiger partial charge on any atom is 0.416 e. The Morgan fingerprint density at radius 1 is 1.29 bits per heavy atom. The van der Waals surface area contributed by atoms with Crippen LogP contribution in [-0.4, -0.2) is 36.0 Å². The van der Waals surface area contributed by atoms with Gasteiger partial charge in [0.1, 0.15) is 0 Å². The number of amides is 1. The first-order chi connectivity index (χ1) is 10.7. The van der Waals surface area contributed by atoms with E-state index >= 15 is 0 Å². The average Bonchev–Trinajstić information content (AvgIpc) is 2.49. The maximum atomic E-state index is 12.6. The van der Waals surface area contributed by atoms with E-state index in [0.29, 0.717) is 13.0 Å². The van der Waals surface area contributed by atoms with Gasteiger partial charge in [-0.15, -0.1) is 12.4 Å². The normalized spacial score (nSPS) is 22.7. The number of piperazine rings is 1. The van der Waals surface area contributed by atoms with Crippen molar-refractivity contribution < 1.29 is 18.0 Å². The van der Waals surface area contributed by atoms with Crippen molar-refractivity contribution >= 4 is 18.3 Å². The lowest BCUT2D eigenvalue weighted by Gasteiger charge is -2.39. The van der Waals surface area contributed by atoms with Crippen molar-refractivity contribution in [3.8, 4) is 0 Å². The van der Waals surface area contributed by atoms with Crippen LogP contribution in [0.15, 0.2) is 24.3 Å². The number of hydrogen-bond donors (Lipinski definition) is 1. The number of benzene rings is 1. The van der Waals surface area contributed by atoms with Gasteiger partial charge in [0.25, 0.3) is 0 Å². The maximum absolute atomic E-state index is 12.6. The summed E-state index contributed by atoms with van der Waals surface area (Å²) in [6, 6.07) is 5.44. The molecule has 0 aromatic heterocycles. The van der Waals surface area contributed by atoms with Gasteiger partial charge in [-0.2, -0.15) is 13.2 Å². The van der Waals surface area contributed by atoms with E-state index in [2.05, 4.69) is 5.32 Å². The van der Waals surface area contributed by atoms with Crippen molar-refractivity contribution in [2.75, 3.05) is 13.1 Å². The van der Waals surface area contributed by atoms with Crippen LogP contribution in [0.2, 0.25) is 0 Å². The fraction of sp³-hybridized carbons (Fsp3) is 0.588. The molecule has 1 aliphatic heterocycles. The zero-order valence-corrected chi connectivity index (χ0v) is 14.9. The third-order valence-corrected chi connectivity index (χ3v) is 4.64. The second-order valence-corrected chi connectivity index (χ2v) is 6.30. The van der Waals surface area contributed by atoms with Crippen LogP contribution < -0.4 is 5.32 Å². The molecule has 1 aromatic carbocycles. The number of carbonyl (C=O) groups is 1. The zero-order valence-electron chi connectivity index (χ0n) is 14.1. The Morgan fingerprint density at radius 2 is 1.88 bits per heavy atom. The molecule has 3 nitrogen and oxygen atoms in total. The summed E-state index contributed by atoms with van der Waals surface area (Å²) in [6.45, 7) is 7.37. The fourth-order valence-electron chi connectivity index (χ4n) is 2.91. The van der Waals surface area contributed by atoms with Crippen molar-refractivity contribution in [3.05, 3.63) is 35.4 Å². The van der Waals surface area contributed by atoms with Gasteiger partial charge < -0.3 is 10.2 Å². The molecule has 1 amide bonds. The highest BCUT2D eigenvalue weighted by Gasteiger charge is 2.31.